The van der Waals surface area contributed by atoms with Crippen molar-refractivity contribution in [2.75, 3.05) is 6.54 Å². The summed E-state index contributed by atoms with van der Waals surface area (Å²) >= 11 is 0. The van der Waals surface area contributed by atoms with Gasteiger partial charge in [-0.05, 0) is 17.6 Å². The van der Waals surface area contributed by atoms with E-state index in [9.17, 15) is 0 Å². The van der Waals surface area contributed by atoms with Crippen LogP contribution in [0, 0.1) is 0 Å². The molecule has 0 bridgehead atoms. The summed E-state index contributed by atoms with van der Waals surface area (Å²) in [6, 6.07) is 10.1. The molecule has 2 rings (SSSR count). The van der Waals surface area contributed by atoms with Crippen LogP contribution in [0.15, 0.2) is 59.2 Å². The summed E-state index contributed by atoms with van der Waals surface area (Å²) in [4.78, 5) is 0. The highest BCUT2D eigenvalue weighted by molar-refractivity contribution is 5.79. The molecule has 2 nitrogen and oxygen atoms in total. The fraction of sp³-hybridized carbons (Fsp3) is 0.154. The van der Waals surface area contributed by atoms with E-state index in [-0.39, 0.29) is 0 Å². The first kappa shape index (κ1) is 9.71. The van der Waals surface area contributed by atoms with Crippen molar-refractivity contribution in [3.63, 3.8) is 0 Å². The van der Waals surface area contributed by atoms with Crippen molar-refractivity contribution in [2.24, 2.45) is 5.10 Å². The van der Waals surface area contributed by atoms with E-state index in [0.29, 0.717) is 0 Å². The normalized spacial score (nSPS) is 14.5. The summed E-state index contributed by atoms with van der Waals surface area (Å²) < 4.78 is 0. The molecule has 2 heteroatoms. The second kappa shape index (κ2) is 5.15. The second-order valence-electron chi connectivity index (χ2n) is 3.42. The van der Waals surface area contributed by atoms with Gasteiger partial charge in [0.1, 0.15) is 0 Å². The molecule has 0 heterocycles. The molecule has 0 aromatic heterocycles. The molecule has 76 valence electrons. The Morgan fingerprint density at radius 3 is 2.87 bits per heavy atom. The molecule has 1 aromatic carbocycles. The van der Waals surface area contributed by atoms with Crippen LogP contribution in [0.2, 0.25) is 0 Å². The van der Waals surface area contributed by atoms with Gasteiger partial charge in [0.25, 0.3) is 0 Å². The fourth-order valence-corrected chi connectivity index (χ4v) is 1.43. The van der Waals surface area contributed by atoms with Crippen molar-refractivity contribution >= 4 is 6.21 Å². The summed E-state index contributed by atoms with van der Waals surface area (Å²) in [6.07, 6.45) is 9.37. The van der Waals surface area contributed by atoms with E-state index in [4.69, 9.17) is 0 Å². The smallest absolute Gasteiger partial charge is 0.0576 e. The molecule has 0 spiro atoms. The number of allylic oxidation sites excluding steroid dienone is 2. The van der Waals surface area contributed by atoms with E-state index in [2.05, 4.69) is 28.8 Å². The van der Waals surface area contributed by atoms with Gasteiger partial charge >= 0.3 is 0 Å². The summed E-state index contributed by atoms with van der Waals surface area (Å²) in [5.74, 6) is 0. The van der Waals surface area contributed by atoms with Crippen LogP contribution in [-0.2, 0) is 0 Å². The Morgan fingerprint density at radius 2 is 2.13 bits per heavy atom. The standard InChI is InChI=1S/C13H14N2/c1-2-6-12(7-3-1)10-14-15-11-13-8-4-5-9-13/h1-4,6-10,15H,5,11H2/b14-10+. The lowest BCUT2D eigenvalue weighted by atomic mass is 10.2. The third-order valence-electron chi connectivity index (χ3n) is 2.24. The van der Waals surface area contributed by atoms with E-state index < -0.39 is 0 Å². The van der Waals surface area contributed by atoms with Gasteiger partial charge in [0.2, 0.25) is 0 Å². The number of benzene rings is 1. The molecule has 0 atom stereocenters. The lowest BCUT2D eigenvalue weighted by Crippen LogP contribution is -2.08. The molecule has 1 N–H and O–H groups in total. The van der Waals surface area contributed by atoms with Gasteiger partial charge in [0.15, 0.2) is 0 Å². The Kier molecular flexibility index (Phi) is 3.34. The Bertz CT molecular complexity index is 388. The van der Waals surface area contributed by atoms with Crippen LogP contribution in [0.3, 0.4) is 0 Å². The predicted molar refractivity (Wildman–Crippen MR) is 63.9 cm³/mol. The minimum Gasteiger partial charge on any atom is -0.306 e. The van der Waals surface area contributed by atoms with Gasteiger partial charge in [-0.3, -0.25) is 0 Å². The van der Waals surface area contributed by atoms with Gasteiger partial charge in [-0.15, -0.1) is 0 Å². The SMILES string of the molecule is C1=CC(CN/N=C/c2ccccc2)=CC1. The molecule has 1 aliphatic rings. The average Bonchev–Trinajstić information content (AvgIpc) is 2.79. The number of nitrogens with one attached hydrogen (secondary N) is 1. The fourth-order valence-electron chi connectivity index (χ4n) is 1.43. The van der Waals surface area contributed by atoms with Crippen LogP contribution in [-0.4, -0.2) is 12.8 Å². The lowest BCUT2D eigenvalue weighted by molar-refractivity contribution is 0.814. The van der Waals surface area contributed by atoms with Gasteiger partial charge in [0.05, 0.1) is 12.8 Å². The Balaban J connectivity index is 1.78. The number of rotatable bonds is 4. The second-order valence-corrected chi connectivity index (χ2v) is 3.42. The molecule has 0 saturated carbocycles. The van der Waals surface area contributed by atoms with E-state index in [1.807, 2.05) is 36.5 Å². The van der Waals surface area contributed by atoms with Crippen molar-refractivity contribution in [3.8, 4) is 0 Å². The molecular formula is C13H14N2. The van der Waals surface area contributed by atoms with Crippen LogP contribution in [0.1, 0.15) is 12.0 Å². The van der Waals surface area contributed by atoms with Gasteiger partial charge < -0.3 is 5.43 Å². The third kappa shape index (κ3) is 3.09. The lowest BCUT2D eigenvalue weighted by Gasteiger charge is -1.98. The Hall–Kier alpha value is -1.83. The molecule has 0 amide bonds. The number of hydrogen-bond acceptors (Lipinski definition) is 2. The van der Waals surface area contributed by atoms with E-state index in [1.54, 1.807) is 0 Å². The molecule has 15 heavy (non-hydrogen) atoms. The highest BCUT2D eigenvalue weighted by Gasteiger charge is 1.94. The monoisotopic (exact) mass is 198 g/mol. The first-order valence-electron chi connectivity index (χ1n) is 5.12. The Labute approximate surface area is 90.0 Å². The quantitative estimate of drug-likeness (QED) is 0.583. The molecule has 1 aromatic rings. The van der Waals surface area contributed by atoms with E-state index in [0.717, 1.165) is 18.5 Å². The van der Waals surface area contributed by atoms with Crippen molar-refractivity contribution in [1.29, 1.82) is 0 Å². The van der Waals surface area contributed by atoms with Crippen LogP contribution in [0.4, 0.5) is 0 Å². The van der Waals surface area contributed by atoms with Gasteiger partial charge in [0, 0.05) is 0 Å². The van der Waals surface area contributed by atoms with Crippen molar-refractivity contribution < 1.29 is 0 Å². The van der Waals surface area contributed by atoms with Crippen LogP contribution in [0.25, 0.3) is 0 Å². The molecule has 0 fully saturated rings. The third-order valence-corrected chi connectivity index (χ3v) is 2.24. The van der Waals surface area contributed by atoms with Crippen molar-refractivity contribution in [2.45, 2.75) is 6.42 Å². The first-order valence-corrected chi connectivity index (χ1v) is 5.12. The topological polar surface area (TPSA) is 24.4 Å². The maximum absolute atomic E-state index is 4.16. The maximum Gasteiger partial charge on any atom is 0.0576 e. The number of hydrazone groups is 1. The molecular weight excluding hydrogens is 184 g/mol. The van der Waals surface area contributed by atoms with E-state index in [1.165, 1.54) is 5.57 Å². The molecule has 0 radical (unpaired) electrons. The number of hydrogen-bond donors (Lipinski definition) is 1. The van der Waals surface area contributed by atoms with Crippen LogP contribution < -0.4 is 5.43 Å². The van der Waals surface area contributed by atoms with Crippen molar-refractivity contribution in [1.82, 2.24) is 5.43 Å². The number of nitrogens with zero attached hydrogens (tertiary/aromatic N) is 1. The molecule has 1 aliphatic carbocycles. The summed E-state index contributed by atoms with van der Waals surface area (Å²) in [5.41, 5.74) is 5.44. The molecule has 0 saturated heterocycles. The zero-order valence-corrected chi connectivity index (χ0v) is 8.56. The van der Waals surface area contributed by atoms with E-state index >= 15 is 0 Å². The van der Waals surface area contributed by atoms with Crippen LogP contribution in [0.5, 0.6) is 0 Å². The Morgan fingerprint density at radius 1 is 1.27 bits per heavy atom. The highest BCUT2D eigenvalue weighted by Crippen LogP contribution is 2.06. The molecule has 0 aliphatic heterocycles. The summed E-state index contributed by atoms with van der Waals surface area (Å²) in [6.45, 7) is 0.805. The minimum atomic E-state index is 0.805. The molecule has 0 unspecified atom stereocenters. The van der Waals surface area contributed by atoms with Crippen LogP contribution >= 0.6 is 0 Å². The van der Waals surface area contributed by atoms with Gasteiger partial charge in [-0.25, -0.2) is 0 Å². The first-order chi connectivity index (χ1) is 7.45. The minimum absolute atomic E-state index is 0.805. The highest BCUT2D eigenvalue weighted by atomic mass is 15.3. The van der Waals surface area contributed by atoms with Gasteiger partial charge in [-0.1, -0.05) is 48.6 Å². The largest absolute Gasteiger partial charge is 0.306 e. The summed E-state index contributed by atoms with van der Waals surface area (Å²) in [7, 11) is 0. The predicted octanol–water partition coefficient (Wildman–Crippen LogP) is 2.50. The summed E-state index contributed by atoms with van der Waals surface area (Å²) in [5, 5.41) is 4.16. The maximum atomic E-state index is 4.16. The zero-order valence-electron chi connectivity index (χ0n) is 8.56. The average molecular weight is 198 g/mol. The zero-order chi connectivity index (χ0) is 10.3. The van der Waals surface area contributed by atoms with Gasteiger partial charge in [-0.2, -0.15) is 5.10 Å². The van der Waals surface area contributed by atoms with Crippen molar-refractivity contribution in [3.05, 3.63) is 59.7 Å².